The summed E-state index contributed by atoms with van der Waals surface area (Å²) in [6.45, 7) is 13.4. The molecule has 0 heterocycles. The average Bonchev–Trinajstić information content (AvgIpc) is 3.12. The Hall–Kier alpha value is -1.46. The van der Waals surface area contributed by atoms with Crippen molar-refractivity contribution in [1.29, 1.82) is 0 Å². The van der Waals surface area contributed by atoms with Gasteiger partial charge in [-0.1, -0.05) is 59.4 Å². The number of benzene rings is 1. The molecule has 0 aliphatic heterocycles. The monoisotopic (exact) mass is 417 g/mol. The fourth-order valence-corrected chi connectivity index (χ4v) is 4.72. The lowest BCUT2D eigenvalue weighted by Crippen LogP contribution is -2.32. The molecule has 5 nitrogen and oxygen atoms in total. The van der Waals surface area contributed by atoms with Crippen LogP contribution in [0, 0.1) is 10.1 Å². The molecule has 0 fully saturated rings. The van der Waals surface area contributed by atoms with Crippen LogP contribution in [-0.2, 0) is 0 Å². The molecule has 0 aromatic heterocycles. The van der Waals surface area contributed by atoms with Gasteiger partial charge < -0.3 is 0 Å². The molecular weight excluding hydrogens is 374 g/mol. The molecule has 2 unspecified atom stereocenters. The number of hydrogen-bond acceptors (Lipinski definition) is 4. The van der Waals surface area contributed by atoms with Gasteiger partial charge in [0.25, 0.3) is 5.69 Å². The molecule has 1 aromatic carbocycles. The van der Waals surface area contributed by atoms with Gasteiger partial charge in [-0.2, -0.15) is 0 Å². The van der Waals surface area contributed by atoms with Crippen molar-refractivity contribution in [1.82, 2.24) is 9.80 Å². The smallest absolute Gasteiger partial charge is 0.269 e. The molecular formula is C25H43N3O2. The molecule has 0 amide bonds. The summed E-state index contributed by atoms with van der Waals surface area (Å²) >= 11 is 0. The van der Waals surface area contributed by atoms with Crippen LogP contribution < -0.4 is 0 Å². The summed E-state index contributed by atoms with van der Waals surface area (Å²) < 4.78 is 0. The van der Waals surface area contributed by atoms with Gasteiger partial charge in [0, 0.05) is 24.2 Å². The fraction of sp³-hybridized carbons (Fsp3) is 0.760. The summed E-state index contributed by atoms with van der Waals surface area (Å²) in [7, 11) is 0. The van der Waals surface area contributed by atoms with Crippen molar-refractivity contribution in [2.75, 3.05) is 26.2 Å². The summed E-state index contributed by atoms with van der Waals surface area (Å²) in [5, 5.41) is 11.5. The Morgan fingerprint density at radius 1 is 0.800 bits per heavy atom. The van der Waals surface area contributed by atoms with E-state index in [1.165, 1.54) is 62.5 Å². The number of non-ortho nitro benzene ring substituents is 1. The highest BCUT2D eigenvalue weighted by molar-refractivity contribution is 5.46. The first-order valence-electron chi connectivity index (χ1n) is 12.3. The van der Waals surface area contributed by atoms with Crippen LogP contribution in [-0.4, -0.2) is 40.9 Å². The van der Waals surface area contributed by atoms with Crippen LogP contribution in [0.2, 0.25) is 0 Å². The second-order valence-electron chi connectivity index (χ2n) is 8.82. The Morgan fingerprint density at radius 3 is 1.63 bits per heavy atom. The van der Waals surface area contributed by atoms with Crippen molar-refractivity contribution in [2.24, 2.45) is 0 Å². The first-order chi connectivity index (χ1) is 14.6. The van der Waals surface area contributed by atoms with Crippen LogP contribution in [0.4, 0.5) is 5.69 Å². The lowest BCUT2D eigenvalue weighted by atomic mass is 10.0. The van der Waals surface area contributed by atoms with Crippen LogP contribution in [0.25, 0.3) is 0 Å². The number of fused-ring (bicyclic) bond motifs is 1. The third-order valence-electron chi connectivity index (χ3n) is 6.52. The normalized spacial score (nSPS) is 18.3. The standard InChI is InChI=1S/C25H43N3O2/c1-5-9-15-26(16-10-6-2)24-20-25(27(17-11-7-3)18-12-8-4)23-19-21(28(29)30)13-14-22(23)24/h13-14,19,24-25H,5-12,15-18,20H2,1-4H3. The van der Waals surface area contributed by atoms with Crippen molar-refractivity contribution >= 4 is 5.69 Å². The van der Waals surface area contributed by atoms with Gasteiger partial charge in [0.2, 0.25) is 0 Å². The fourth-order valence-electron chi connectivity index (χ4n) is 4.72. The summed E-state index contributed by atoms with van der Waals surface area (Å²) in [4.78, 5) is 16.5. The molecule has 1 aromatic rings. The van der Waals surface area contributed by atoms with Crippen molar-refractivity contribution in [3.63, 3.8) is 0 Å². The van der Waals surface area contributed by atoms with Crippen molar-refractivity contribution in [3.05, 3.63) is 39.4 Å². The predicted octanol–water partition coefficient (Wildman–Crippen LogP) is 6.89. The number of nitro groups is 1. The minimum Gasteiger partial charge on any atom is -0.296 e. The van der Waals surface area contributed by atoms with Gasteiger partial charge in [-0.25, -0.2) is 0 Å². The maximum absolute atomic E-state index is 11.5. The van der Waals surface area contributed by atoms with Gasteiger partial charge in [0.1, 0.15) is 0 Å². The second kappa shape index (κ2) is 13.1. The number of nitro benzene ring substituents is 1. The molecule has 0 saturated carbocycles. The molecule has 5 heteroatoms. The van der Waals surface area contributed by atoms with E-state index in [9.17, 15) is 10.1 Å². The SMILES string of the molecule is CCCCN(CCCC)C1CC(N(CCCC)CCCC)c2cc([N+](=O)[O-])ccc21. The summed E-state index contributed by atoms with van der Waals surface area (Å²) in [5.74, 6) is 0. The second-order valence-corrected chi connectivity index (χ2v) is 8.82. The van der Waals surface area contributed by atoms with Crippen LogP contribution in [0.1, 0.15) is 109 Å². The van der Waals surface area contributed by atoms with Gasteiger partial charge in [0.15, 0.2) is 0 Å². The van der Waals surface area contributed by atoms with Gasteiger partial charge in [-0.3, -0.25) is 19.9 Å². The molecule has 1 aliphatic carbocycles. The first kappa shape index (κ1) is 24.8. The van der Waals surface area contributed by atoms with Crippen molar-refractivity contribution in [3.8, 4) is 0 Å². The van der Waals surface area contributed by atoms with Gasteiger partial charge in [0.05, 0.1) is 4.92 Å². The Balaban J connectivity index is 2.39. The highest BCUT2D eigenvalue weighted by Crippen LogP contribution is 2.46. The maximum Gasteiger partial charge on any atom is 0.269 e. The van der Waals surface area contributed by atoms with Crippen molar-refractivity contribution in [2.45, 2.75) is 97.6 Å². The lowest BCUT2D eigenvalue weighted by molar-refractivity contribution is -0.385. The van der Waals surface area contributed by atoms with E-state index in [2.05, 4.69) is 43.6 Å². The van der Waals surface area contributed by atoms with E-state index in [1.54, 1.807) is 6.07 Å². The molecule has 2 rings (SSSR count). The number of hydrogen-bond donors (Lipinski definition) is 0. The predicted molar refractivity (Wildman–Crippen MR) is 126 cm³/mol. The Bertz CT molecular complexity index is 633. The third-order valence-corrected chi connectivity index (χ3v) is 6.52. The average molecular weight is 418 g/mol. The van der Waals surface area contributed by atoms with Gasteiger partial charge >= 0.3 is 0 Å². The number of rotatable bonds is 15. The van der Waals surface area contributed by atoms with E-state index in [4.69, 9.17) is 0 Å². The van der Waals surface area contributed by atoms with E-state index >= 15 is 0 Å². The molecule has 0 spiro atoms. The molecule has 0 radical (unpaired) electrons. The van der Waals surface area contributed by atoms with Gasteiger partial charge in [-0.15, -0.1) is 0 Å². The highest BCUT2D eigenvalue weighted by Gasteiger charge is 2.38. The van der Waals surface area contributed by atoms with Crippen LogP contribution in [0.15, 0.2) is 18.2 Å². The lowest BCUT2D eigenvalue weighted by Gasteiger charge is -2.32. The van der Waals surface area contributed by atoms with E-state index in [0.717, 1.165) is 32.6 Å². The van der Waals surface area contributed by atoms with E-state index in [1.807, 2.05) is 6.07 Å². The highest BCUT2D eigenvalue weighted by atomic mass is 16.6. The Morgan fingerprint density at radius 2 is 1.23 bits per heavy atom. The van der Waals surface area contributed by atoms with Crippen LogP contribution >= 0.6 is 0 Å². The Labute approximate surface area is 184 Å². The largest absolute Gasteiger partial charge is 0.296 e. The van der Waals surface area contributed by atoms with E-state index in [0.29, 0.717) is 12.1 Å². The summed E-state index contributed by atoms with van der Waals surface area (Å²) in [5.41, 5.74) is 2.77. The zero-order chi connectivity index (χ0) is 21.9. The quantitative estimate of drug-likeness (QED) is 0.230. The molecule has 170 valence electrons. The summed E-state index contributed by atoms with van der Waals surface area (Å²) in [6, 6.07) is 6.33. The maximum atomic E-state index is 11.5. The molecule has 1 aliphatic rings. The summed E-state index contributed by atoms with van der Waals surface area (Å²) in [6.07, 6.45) is 10.6. The van der Waals surface area contributed by atoms with E-state index in [-0.39, 0.29) is 10.6 Å². The zero-order valence-corrected chi connectivity index (χ0v) is 19.7. The minimum atomic E-state index is -0.237. The van der Waals surface area contributed by atoms with Crippen molar-refractivity contribution < 1.29 is 4.92 Å². The first-order valence-corrected chi connectivity index (χ1v) is 12.3. The van der Waals surface area contributed by atoms with Crippen LogP contribution in [0.5, 0.6) is 0 Å². The molecule has 30 heavy (non-hydrogen) atoms. The van der Waals surface area contributed by atoms with Crippen LogP contribution in [0.3, 0.4) is 0 Å². The molecule has 0 N–H and O–H groups in total. The minimum absolute atomic E-state index is 0.235. The van der Waals surface area contributed by atoms with E-state index < -0.39 is 0 Å². The topological polar surface area (TPSA) is 49.6 Å². The molecule has 0 saturated heterocycles. The molecule has 0 bridgehead atoms. The number of unbranched alkanes of at least 4 members (excludes halogenated alkanes) is 4. The third kappa shape index (κ3) is 6.52. The number of nitrogens with zero attached hydrogens (tertiary/aromatic N) is 3. The Kier molecular flexibility index (Phi) is 10.8. The molecule has 2 atom stereocenters. The van der Waals surface area contributed by atoms with Gasteiger partial charge in [-0.05, 0) is 69.4 Å². The zero-order valence-electron chi connectivity index (χ0n) is 19.7.